The smallest absolute Gasteiger partial charge is 0.261 e. The van der Waals surface area contributed by atoms with Crippen LogP contribution in [0, 0.1) is 17.2 Å². The third-order valence-electron chi connectivity index (χ3n) is 4.44. The first-order valence-corrected chi connectivity index (χ1v) is 8.42. The zero-order valence-electron chi connectivity index (χ0n) is 13.6. The number of anilines is 2. The Balaban J connectivity index is 1.91. The topological polar surface area (TPSA) is 90.3 Å². The van der Waals surface area contributed by atoms with Crippen LogP contribution in [0.5, 0.6) is 0 Å². The number of carbonyl (C=O) groups excluding carboxylic acids is 3. The highest BCUT2D eigenvalue weighted by Gasteiger charge is 2.39. The molecule has 25 heavy (non-hydrogen) atoms. The molecule has 1 unspecified atom stereocenters. The number of hydrogen-bond donors (Lipinski definition) is 1. The van der Waals surface area contributed by atoms with Gasteiger partial charge in [-0.3, -0.25) is 14.4 Å². The number of rotatable bonds is 3. The van der Waals surface area contributed by atoms with Crippen LogP contribution >= 0.6 is 11.6 Å². The quantitative estimate of drug-likeness (QED) is 0.841. The van der Waals surface area contributed by atoms with Crippen molar-refractivity contribution in [2.45, 2.75) is 32.6 Å². The third-order valence-corrected chi connectivity index (χ3v) is 4.77. The van der Waals surface area contributed by atoms with Gasteiger partial charge >= 0.3 is 0 Å². The Morgan fingerprint density at radius 3 is 2.40 bits per heavy atom. The fourth-order valence-corrected chi connectivity index (χ4v) is 3.19. The van der Waals surface area contributed by atoms with Crippen LogP contribution in [0.1, 0.15) is 32.6 Å². The minimum Gasteiger partial charge on any atom is -0.324 e. The molecule has 1 aromatic rings. The fraction of sp³-hybridized carbons (Fsp3) is 0.333. The normalized spacial score (nSPS) is 18.0. The minimum absolute atomic E-state index is 0.261. The van der Waals surface area contributed by atoms with Gasteiger partial charge in [0.05, 0.1) is 22.5 Å². The van der Waals surface area contributed by atoms with Gasteiger partial charge in [0.1, 0.15) is 5.92 Å². The predicted octanol–water partition coefficient (Wildman–Crippen LogP) is 3.18. The molecule has 1 aromatic carbocycles. The number of amides is 3. The molecule has 0 saturated heterocycles. The summed E-state index contributed by atoms with van der Waals surface area (Å²) < 4.78 is 0. The molecule has 128 valence electrons. The molecule has 7 heteroatoms. The second-order valence-corrected chi connectivity index (χ2v) is 6.52. The van der Waals surface area contributed by atoms with Crippen molar-refractivity contribution < 1.29 is 14.4 Å². The van der Waals surface area contributed by atoms with Crippen LogP contribution in [0.4, 0.5) is 11.4 Å². The standard InChI is InChI=1S/C18H16ClN3O3/c1-10(9-20)16(23)21-15-8-11(6-7-14(15)19)22-17(24)12-4-2-3-5-13(12)18(22)25/h6-8,10H,2-5H2,1H3,(H,21,23). The lowest BCUT2D eigenvalue weighted by molar-refractivity contribution is -0.121. The maximum absolute atomic E-state index is 12.6. The molecule has 2 aliphatic rings. The molecule has 1 aliphatic heterocycles. The molecule has 0 bridgehead atoms. The van der Waals surface area contributed by atoms with Gasteiger partial charge in [-0.1, -0.05) is 11.6 Å². The number of hydrogen-bond acceptors (Lipinski definition) is 4. The van der Waals surface area contributed by atoms with E-state index in [4.69, 9.17) is 16.9 Å². The van der Waals surface area contributed by atoms with Gasteiger partial charge in [-0.15, -0.1) is 0 Å². The van der Waals surface area contributed by atoms with Gasteiger partial charge in [-0.2, -0.15) is 5.26 Å². The molecule has 0 saturated carbocycles. The summed E-state index contributed by atoms with van der Waals surface area (Å²) in [5, 5.41) is 11.6. The van der Waals surface area contributed by atoms with Crippen molar-refractivity contribution >= 4 is 40.7 Å². The van der Waals surface area contributed by atoms with Gasteiger partial charge in [-0.05, 0) is 50.8 Å². The van der Waals surface area contributed by atoms with Crippen LogP contribution < -0.4 is 10.2 Å². The average Bonchev–Trinajstić information content (AvgIpc) is 2.87. The number of benzene rings is 1. The van der Waals surface area contributed by atoms with Gasteiger partial charge in [0.25, 0.3) is 11.8 Å². The maximum Gasteiger partial charge on any atom is 0.261 e. The molecule has 0 aromatic heterocycles. The summed E-state index contributed by atoms with van der Waals surface area (Å²) in [4.78, 5) is 38.3. The Kier molecular flexibility index (Phi) is 4.60. The first-order chi connectivity index (χ1) is 11.9. The monoisotopic (exact) mass is 357 g/mol. The van der Waals surface area contributed by atoms with Crippen LogP contribution in [0.3, 0.4) is 0 Å². The maximum atomic E-state index is 12.6. The van der Waals surface area contributed by atoms with Gasteiger partial charge in [-0.25, -0.2) is 4.90 Å². The number of halogens is 1. The van der Waals surface area contributed by atoms with E-state index >= 15 is 0 Å². The van der Waals surface area contributed by atoms with E-state index in [-0.39, 0.29) is 22.5 Å². The molecule has 6 nitrogen and oxygen atoms in total. The summed E-state index contributed by atoms with van der Waals surface area (Å²) in [5.41, 5.74) is 1.80. The summed E-state index contributed by atoms with van der Waals surface area (Å²) in [6, 6.07) is 6.41. The summed E-state index contributed by atoms with van der Waals surface area (Å²) in [6.45, 7) is 1.47. The molecule has 1 aliphatic carbocycles. The molecule has 3 rings (SSSR count). The lowest BCUT2D eigenvalue weighted by atomic mass is 9.93. The number of carbonyl (C=O) groups is 3. The van der Waals surface area contributed by atoms with E-state index < -0.39 is 11.8 Å². The van der Waals surface area contributed by atoms with Crippen molar-refractivity contribution in [3.63, 3.8) is 0 Å². The average molecular weight is 358 g/mol. The second-order valence-electron chi connectivity index (χ2n) is 6.11. The van der Waals surface area contributed by atoms with Crippen molar-refractivity contribution in [3.8, 4) is 6.07 Å². The summed E-state index contributed by atoms with van der Waals surface area (Å²) in [5.74, 6) is -1.95. The van der Waals surface area contributed by atoms with Gasteiger partial charge in [0.15, 0.2) is 0 Å². The van der Waals surface area contributed by atoms with Crippen LogP contribution in [0.15, 0.2) is 29.3 Å². The number of imide groups is 1. The number of nitrogens with one attached hydrogen (secondary N) is 1. The highest BCUT2D eigenvalue weighted by Crippen LogP contribution is 2.37. The number of nitriles is 1. The molecule has 0 spiro atoms. The van der Waals surface area contributed by atoms with Crippen LogP contribution in [0.2, 0.25) is 5.02 Å². The van der Waals surface area contributed by atoms with E-state index in [1.165, 1.54) is 19.1 Å². The predicted molar refractivity (Wildman–Crippen MR) is 92.8 cm³/mol. The van der Waals surface area contributed by atoms with E-state index in [9.17, 15) is 14.4 Å². The van der Waals surface area contributed by atoms with Gasteiger partial charge < -0.3 is 5.32 Å². The molecule has 0 fully saturated rings. The Morgan fingerprint density at radius 2 is 1.84 bits per heavy atom. The van der Waals surface area contributed by atoms with E-state index in [2.05, 4.69) is 5.32 Å². The van der Waals surface area contributed by atoms with Crippen molar-refractivity contribution in [2.24, 2.45) is 5.92 Å². The minimum atomic E-state index is -0.844. The zero-order valence-corrected chi connectivity index (χ0v) is 14.4. The molecule has 1 atom stereocenters. The van der Waals surface area contributed by atoms with Crippen LogP contribution in [-0.2, 0) is 14.4 Å². The Bertz CT molecular complexity index is 826. The third kappa shape index (κ3) is 3.03. The van der Waals surface area contributed by atoms with E-state index in [1.54, 1.807) is 6.07 Å². The van der Waals surface area contributed by atoms with Gasteiger partial charge in [0.2, 0.25) is 5.91 Å². The Hall–Kier alpha value is -2.65. The SMILES string of the molecule is CC(C#N)C(=O)Nc1cc(N2C(=O)C3=C(CCCC3)C2=O)ccc1Cl. The van der Waals surface area contributed by atoms with E-state index in [0.717, 1.165) is 17.7 Å². The van der Waals surface area contributed by atoms with Crippen LogP contribution in [-0.4, -0.2) is 17.7 Å². The molecule has 1 heterocycles. The van der Waals surface area contributed by atoms with Crippen molar-refractivity contribution in [1.29, 1.82) is 5.26 Å². The fourth-order valence-electron chi connectivity index (χ4n) is 3.02. The molecule has 1 N–H and O–H groups in total. The molecule has 3 amide bonds. The summed E-state index contributed by atoms with van der Waals surface area (Å²) >= 11 is 6.09. The molecular weight excluding hydrogens is 342 g/mol. The first-order valence-electron chi connectivity index (χ1n) is 8.05. The van der Waals surface area contributed by atoms with Crippen molar-refractivity contribution in [1.82, 2.24) is 0 Å². The molecule has 0 radical (unpaired) electrons. The van der Waals surface area contributed by atoms with E-state index in [1.807, 2.05) is 6.07 Å². The van der Waals surface area contributed by atoms with Crippen molar-refractivity contribution in [3.05, 3.63) is 34.4 Å². The summed E-state index contributed by atoms with van der Waals surface area (Å²) in [7, 11) is 0. The zero-order chi connectivity index (χ0) is 18.1. The Morgan fingerprint density at radius 1 is 1.24 bits per heavy atom. The largest absolute Gasteiger partial charge is 0.324 e. The van der Waals surface area contributed by atoms with E-state index in [0.29, 0.717) is 29.7 Å². The Labute approximate surface area is 150 Å². The highest BCUT2D eigenvalue weighted by atomic mass is 35.5. The van der Waals surface area contributed by atoms with Gasteiger partial charge in [0, 0.05) is 11.1 Å². The second kappa shape index (κ2) is 6.69. The van der Waals surface area contributed by atoms with Crippen LogP contribution in [0.25, 0.3) is 0 Å². The number of nitrogens with zero attached hydrogens (tertiary/aromatic N) is 2. The lowest BCUT2D eigenvalue weighted by Gasteiger charge is -2.17. The summed E-state index contributed by atoms with van der Waals surface area (Å²) in [6.07, 6.45) is 3.04. The van der Waals surface area contributed by atoms with Crippen molar-refractivity contribution in [2.75, 3.05) is 10.2 Å². The highest BCUT2D eigenvalue weighted by molar-refractivity contribution is 6.35. The molecular formula is C18H16ClN3O3. The lowest BCUT2D eigenvalue weighted by Crippen LogP contribution is -2.31. The first kappa shape index (κ1) is 17.2.